The van der Waals surface area contributed by atoms with Crippen molar-refractivity contribution >= 4 is 11.9 Å². The maximum Gasteiger partial charge on any atom is 0.306 e. The maximum atomic E-state index is 13.1. The van der Waals surface area contributed by atoms with Crippen molar-refractivity contribution in [1.82, 2.24) is 5.32 Å². The predicted molar refractivity (Wildman–Crippen MR) is 218 cm³/mol. The number of carbonyl (C=O) groups is 2. The SMILES string of the molecule is CC/C=C/C/C=C/C/C=C/CCCCC(CC(=O)NC(CO)C(O)CCCCCCCCCCCCC)OC(=O)CCCCCCCCCCC. The zero-order valence-electron chi connectivity index (χ0n) is 33.7. The van der Waals surface area contributed by atoms with Gasteiger partial charge >= 0.3 is 5.97 Å². The van der Waals surface area contributed by atoms with Gasteiger partial charge in [0.15, 0.2) is 0 Å². The Morgan fingerprint density at radius 2 is 1.06 bits per heavy atom. The summed E-state index contributed by atoms with van der Waals surface area (Å²) in [6.45, 7) is 6.31. The highest BCUT2D eigenvalue weighted by Gasteiger charge is 2.24. The molecule has 6 heteroatoms. The van der Waals surface area contributed by atoms with Crippen molar-refractivity contribution in [2.24, 2.45) is 0 Å². The minimum atomic E-state index is -0.792. The average Bonchev–Trinajstić information content (AvgIpc) is 3.12. The van der Waals surface area contributed by atoms with Crippen LogP contribution in [-0.2, 0) is 14.3 Å². The minimum absolute atomic E-state index is 0.0538. The van der Waals surface area contributed by atoms with Gasteiger partial charge in [-0.1, -0.05) is 179 Å². The van der Waals surface area contributed by atoms with E-state index in [1.165, 1.54) is 89.9 Å². The summed E-state index contributed by atoms with van der Waals surface area (Å²) in [6, 6.07) is -0.708. The highest BCUT2D eigenvalue weighted by molar-refractivity contribution is 5.77. The first kappa shape index (κ1) is 49.1. The molecule has 0 radical (unpaired) electrons. The van der Waals surface area contributed by atoms with Crippen molar-refractivity contribution in [2.45, 2.75) is 232 Å². The van der Waals surface area contributed by atoms with Crippen LogP contribution in [0.15, 0.2) is 36.5 Å². The molecule has 0 aliphatic rings. The number of ether oxygens (including phenoxy) is 1. The smallest absolute Gasteiger partial charge is 0.306 e. The van der Waals surface area contributed by atoms with Crippen LogP contribution in [0.5, 0.6) is 0 Å². The fourth-order valence-electron chi connectivity index (χ4n) is 6.44. The molecule has 3 N–H and O–H groups in total. The third-order valence-corrected chi connectivity index (χ3v) is 9.73. The molecule has 0 heterocycles. The Balaban J connectivity index is 4.65. The molecule has 0 aromatic rings. The van der Waals surface area contributed by atoms with Crippen LogP contribution in [0.3, 0.4) is 0 Å². The molecule has 0 saturated carbocycles. The van der Waals surface area contributed by atoms with Gasteiger partial charge < -0.3 is 20.3 Å². The predicted octanol–water partition coefficient (Wildman–Crippen LogP) is 12.2. The molecule has 0 aromatic carbocycles. The van der Waals surface area contributed by atoms with Crippen LogP contribution in [0.25, 0.3) is 0 Å². The van der Waals surface area contributed by atoms with Crippen LogP contribution in [0.1, 0.15) is 213 Å². The van der Waals surface area contributed by atoms with Gasteiger partial charge in [0.1, 0.15) is 6.10 Å². The van der Waals surface area contributed by atoms with E-state index in [2.05, 4.69) is 62.5 Å². The molecule has 1 amide bonds. The van der Waals surface area contributed by atoms with Crippen molar-refractivity contribution in [3.63, 3.8) is 0 Å². The fraction of sp³-hybridized carbons (Fsp3) is 0.822. The second-order valence-electron chi connectivity index (χ2n) is 14.7. The summed E-state index contributed by atoms with van der Waals surface area (Å²) >= 11 is 0. The van der Waals surface area contributed by atoms with Crippen molar-refractivity contribution in [2.75, 3.05) is 6.61 Å². The molecule has 3 atom stereocenters. The van der Waals surface area contributed by atoms with E-state index in [-0.39, 0.29) is 24.9 Å². The van der Waals surface area contributed by atoms with Crippen LogP contribution in [-0.4, -0.2) is 46.9 Å². The monoisotopic (exact) mass is 718 g/mol. The quantitative estimate of drug-likeness (QED) is 0.0336. The number of carbonyl (C=O) groups excluding carboxylic acids is 2. The van der Waals surface area contributed by atoms with Crippen molar-refractivity contribution in [3.8, 4) is 0 Å². The number of esters is 1. The molecule has 0 rings (SSSR count). The van der Waals surface area contributed by atoms with Crippen molar-refractivity contribution < 1.29 is 24.5 Å². The van der Waals surface area contributed by atoms with Gasteiger partial charge in [0.2, 0.25) is 5.91 Å². The standard InChI is InChI=1S/C45H83NO5/c1-4-7-10-13-16-19-21-23-25-27-30-33-36-41(51-45(50)38-35-32-29-24-18-15-12-9-6-3)39-44(49)46-42(40-47)43(48)37-34-31-28-26-22-20-17-14-11-8-5-2/h7,10,16,19,23,25,41-43,47-48H,4-6,8-9,11-15,17-18,20-22,24,26-40H2,1-3H3,(H,46,49)/b10-7+,19-16+,25-23+. The Morgan fingerprint density at radius 3 is 1.59 bits per heavy atom. The largest absolute Gasteiger partial charge is 0.462 e. The summed E-state index contributed by atoms with van der Waals surface area (Å²) in [5.74, 6) is -0.514. The first-order valence-electron chi connectivity index (χ1n) is 21.7. The summed E-state index contributed by atoms with van der Waals surface area (Å²) in [7, 11) is 0. The van der Waals surface area contributed by atoms with Crippen LogP contribution >= 0.6 is 0 Å². The number of nitrogens with one attached hydrogen (secondary N) is 1. The normalized spacial score (nSPS) is 13.7. The van der Waals surface area contributed by atoms with E-state index in [9.17, 15) is 19.8 Å². The van der Waals surface area contributed by atoms with E-state index >= 15 is 0 Å². The number of hydrogen-bond donors (Lipinski definition) is 3. The number of rotatable bonds is 38. The molecule has 0 aromatic heterocycles. The Kier molecular flexibility index (Phi) is 37.8. The zero-order valence-corrected chi connectivity index (χ0v) is 33.7. The Bertz CT molecular complexity index is 854. The molecule has 0 fully saturated rings. The molecular weight excluding hydrogens is 634 g/mol. The molecule has 6 nitrogen and oxygen atoms in total. The maximum absolute atomic E-state index is 13.1. The highest BCUT2D eigenvalue weighted by atomic mass is 16.5. The first-order valence-corrected chi connectivity index (χ1v) is 21.7. The van der Waals surface area contributed by atoms with E-state index in [4.69, 9.17) is 4.74 Å². The minimum Gasteiger partial charge on any atom is -0.462 e. The number of amides is 1. The van der Waals surface area contributed by atoms with Gasteiger partial charge in [-0.15, -0.1) is 0 Å². The molecule has 0 bridgehead atoms. The number of unbranched alkanes of at least 4 members (excludes halogenated alkanes) is 20. The van der Waals surface area contributed by atoms with Gasteiger partial charge in [0.05, 0.1) is 25.2 Å². The molecule has 0 saturated heterocycles. The van der Waals surface area contributed by atoms with Crippen molar-refractivity contribution in [3.05, 3.63) is 36.5 Å². The summed E-state index contributed by atoms with van der Waals surface area (Å²) < 4.78 is 5.86. The lowest BCUT2D eigenvalue weighted by Crippen LogP contribution is -2.46. The van der Waals surface area contributed by atoms with Gasteiger partial charge in [-0.3, -0.25) is 9.59 Å². The second kappa shape index (κ2) is 39.3. The van der Waals surface area contributed by atoms with E-state index in [1.807, 2.05) is 0 Å². The molecule has 3 unspecified atom stereocenters. The summed E-state index contributed by atoms with van der Waals surface area (Å²) in [5, 5.41) is 23.6. The zero-order chi connectivity index (χ0) is 37.5. The van der Waals surface area contributed by atoms with Crippen LogP contribution < -0.4 is 5.32 Å². The highest BCUT2D eigenvalue weighted by Crippen LogP contribution is 2.17. The topological polar surface area (TPSA) is 95.9 Å². The van der Waals surface area contributed by atoms with Crippen molar-refractivity contribution in [1.29, 1.82) is 0 Å². The van der Waals surface area contributed by atoms with E-state index < -0.39 is 18.2 Å². The van der Waals surface area contributed by atoms with E-state index in [1.54, 1.807) is 0 Å². The molecule has 51 heavy (non-hydrogen) atoms. The Hall–Kier alpha value is -1.92. The second-order valence-corrected chi connectivity index (χ2v) is 14.7. The van der Waals surface area contributed by atoms with E-state index in [0.29, 0.717) is 19.3 Å². The summed E-state index contributed by atoms with van der Waals surface area (Å²) in [4.78, 5) is 25.8. The van der Waals surface area contributed by atoms with Crippen LogP contribution in [0, 0.1) is 0 Å². The molecule has 0 spiro atoms. The molecule has 0 aliphatic heterocycles. The Labute approximate surface area is 315 Å². The lowest BCUT2D eigenvalue weighted by Gasteiger charge is -2.24. The lowest BCUT2D eigenvalue weighted by atomic mass is 10.0. The summed E-state index contributed by atoms with van der Waals surface area (Å²) in [5.41, 5.74) is 0. The van der Waals surface area contributed by atoms with E-state index in [0.717, 1.165) is 77.0 Å². The third kappa shape index (κ3) is 34.9. The number of hydrogen-bond acceptors (Lipinski definition) is 5. The lowest BCUT2D eigenvalue weighted by molar-refractivity contribution is -0.151. The van der Waals surface area contributed by atoms with Crippen LogP contribution in [0.2, 0.25) is 0 Å². The first-order chi connectivity index (χ1) is 25.0. The third-order valence-electron chi connectivity index (χ3n) is 9.73. The Morgan fingerprint density at radius 1 is 0.588 bits per heavy atom. The molecule has 0 aliphatic carbocycles. The molecular formula is C45H83NO5. The number of aliphatic hydroxyl groups excluding tert-OH is 2. The van der Waals surface area contributed by atoms with Gasteiger partial charge in [0.25, 0.3) is 0 Å². The van der Waals surface area contributed by atoms with Gasteiger partial charge in [-0.2, -0.15) is 0 Å². The number of allylic oxidation sites excluding steroid dienone is 6. The number of aliphatic hydroxyl groups is 2. The molecule has 298 valence electrons. The van der Waals surface area contributed by atoms with Gasteiger partial charge in [-0.25, -0.2) is 0 Å². The fourth-order valence-corrected chi connectivity index (χ4v) is 6.44. The summed E-state index contributed by atoms with van der Waals surface area (Å²) in [6.07, 6.45) is 43.5. The van der Waals surface area contributed by atoms with Crippen LogP contribution in [0.4, 0.5) is 0 Å². The van der Waals surface area contributed by atoms with Gasteiger partial charge in [0, 0.05) is 6.42 Å². The van der Waals surface area contributed by atoms with Gasteiger partial charge in [-0.05, 0) is 57.8 Å². The average molecular weight is 718 g/mol.